The summed E-state index contributed by atoms with van der Waals surface area (Å²) in [6.45, 7) is 2.35. The number of alkyl halides is 2. The summed E-state index contributed by atoms with van der Waals surface area (Å²) < 4.78 is 28.3. The molecule has 0 bridgehead atoms. The summed E-state index contributed by atoms with van der Waals surface area (Å²) in [4.78, 5) is 0. The van der Waals surface area contributed by atoms with E-state index >= 15 is 0 Å². The molecule has 0 fully saturated rings. The molecule has 0 radical (unpaired) electrons. The van der Waals surface area contributed by atoms with Crippen molar-refractivity contribution in [2.75, 3.05) is 12.8 Å². The van der Waals surface area contributed by atoms with Gasteiger partial charge < -0.3 is 10.1 Å². The number of benzene rings is 1. The maximum Gasteiger partial charge on any atom is 0.387 e. The number of nitrogens with one attached hydrogen (secondary N) is 1. The van der Waals surface area contributed by atoms with Crippen molar-refractivity contribution in [3.63, 3.8) is 0 Å². The van der Waals surface area contributed by atoms with E-state index in [2.05, 4.69) is 30.2 Å². The van der Waals surface area contributed by atoms with Crippen molar-refractivity contribution in [1.29, 1.82) is 0 Å². The van der Waals surface area contributed by atoms with Crippen LogP contribution in [0, 0.1) is 0 Å². The average Bonchev–Trinajstić information content (AvgIpc) is 2.35. The number of rotatable bonds is 7. The summed E-state index contributed by atoms with van der Waals surface area (Å²) in [5.74, 6) is 0.193. The lowest BCUT2D eigenvalue weighted by Gasteiger charge is -2.17. The third kappa shape index (κ3) is 5.23. The maximum atomic E-state index is 12.0. The SMILES string of the molecule is CSC(C)CNC(C)c1ccc(OC(F)F)cc1. The van der Waals surface area contributed by atoms with Gasteiger partial charge in [0.25, 0.3) is 0 Å². The molecule has 2 unspecified atom stereocenters. The van der Waals surface area contributed by atoms with Gasteiger partial charge in [-0.3, -0.25) is 0 Å². The Kier molecular flexibility index (Phi) is 6.43. The van der Waals surface area contributed by atoms with Gasteiger partial charge in [-0.05, 0) is 30.9 Å². The summed E-state index contributed by atoms with van der Waals surface area (Å²) >= 11 is 1.81. The van der Waals surface area contributed by atoms with Crippen LogP contribution in [0.2, 0.25) is 0 Å². The molecule has 0 amide bonds. The van der Waals surface area contributed by atoms with Gasteiger partial charge in [0.05, 0.1) is 0 Å². The van der Waals surface area contributed by atoms with Gasteiger partial charge in [-0.2, -0.15) is 20.5 Å². The van der Waals surface area contributed by atoms with Crippen LogP contribution in [0.3, 0.4) is 0 Å². The van der Waals surface area contributed by atoms with Crippen molar-refractivity contribution >= 4 is 11.8 Å². The van der Waals surface area contributed by atoms with E-state index in [1.165, 1.54) is 0 Å². The zero-order valence-corrected chi connectivity index (χ0v) is 11.6. The number of ether oxygens (including phenoxy) is 1. The number of halogens is 2. The molecule has 5 heteroatoms. The Labute approximate surface area is 111 Å². The van der Waals surface area contributed by atoms with Crippen LogP contribution in [0.1, 0.15) is 25.5 Å². The molecule has 1 rings (SSSR count). The van der Waals surface area contributed by atoms with Crippen LogP contribution in [0.25, 0.3) is 0 Å². The zero-order chi connectivity index (χ0) is 13.5. The first kappa shape index (κ1) is 15.2. The van der Waals surface area contributed by atoms with Crippen molar-refractivity contribution in [3.8, 4) is 5.75 Å². The highest BCUT2D eigenvalue weighted by Gasteiger charge is 2.08. The molecule has 0 aromatic heterocycles. The molecule has 1 aromatic carbocycles. The molecule has 0 spiro atoms. The number of hydrogen-bond acceptors (Lipinski definition) is 3. The van der Waals surface area contributed by atoms with E-state index in [1.807, 2.05) is 0 Å². The van der Waals surface area contributed by atoms with Crippen molar-refractivity contribution in [2.45, 2.75) is 31.8 Å². The molecule has 0 heterocycles. The maximum absolute atomic E-state index is 12.0. The lowest BCUT2D eigenvalue weighted by atomic mass is 10.1. The van der Waals surface area contributed by atoms with Gasteiger partial charge in [0, 0.05) is 17.8 Å². The first-order chi connectivity index (χ1) is 8.52. The topological polar surface area (TPSA) is 21.3 Å². The van der Waals surface area contributed by atoms with Crippen molar-refractivity contribution in [2.24, 2.45) is 0 Å². The lowest BCUT2D eigenvalue weighted by Crippen LogP contribution is -2.25. The second-order valence-corrected chi connectivity index (χ2v) is 5.40. The molecule has 0 aliphatic heterocycles. The first-order valence-corrected chi connectivity index (χ1v) is 7.12. The Morgan fingerprint density at radius 1 is 1.22 bits per heavy atom. The minimum Gasteiger partial charge on any atom is -0.435 e. The minimum atomic E-state index is -2.77. The Morgan fingerprint density at radius 3 is 2.33 bits per heavy atom. The summed E-state index contributed by atoms with van der Waals surface area (Å²) in [5, 5.41) is 3.95. The Morgan fingerprint density at radius 2 is 1.83 bits per heavy atom. The molecule has 1 N–H and O–H groups in total. The Bertz CT molecular complexity index is 345. The molecule has 18 heavy (non-hydrogen) atoms. The van der Waals surface area contributed by atoms with Gasteiger partial charge >= 0.3 is 6.61 Å². The molecular weight excluding hydrogens is 256 g/mol. The summed E-state index contributed by atoms with van der Waals surface area (Å²) in [6.07, 6.45) is 2.08. The van der Waals surface area contributed by atoms with E-state index in [4.69, 9.17) is 0 Å². The van der Waals surface area contributed by atoms with Crippen molar-refractivity contribution in [3.05, 3.63) is 29.8 Å². The van der Waals surface area contributed by atoms with Crippen LogP contribution in [-0.4, -0.2) is 24.7 Å². The Hall–Kier alpha value is -0.810. The standard InChI is InChI=1S/C13H19F2NOS/c1-9(18-3)8-16-10(2)11-4-6-12(7-5-11)17-13(14)15/h4-7,9-10,13,16H,8H2,1-3H3. The average molecular weight is 275 g/mol. The molecule has 0 saturated heterocycles. The van der Waals surface area contributed by atoms with E-state index in [9.17, 15) is 8.78 Å². The number of thioether (sulfide) groups is 1. The van der Waals surface area contributed by atoms with E-state index in [-0.39, 0.29) is 11.8 Å². The highest BCUT2D eigenvalue weighted by atomic mass is 32.2. The van der Waals surface area contributed by atoms with Crippen LogP contribution < -0.4 is 10.1 Å². The van der Waals surface area contributed by atoms with Gasteiger partial charge in [-0.1, -0.05) is 19.1 Å². The molecule has 102 valence electrons. The molecule has 2 atom stereocenters. The molecule has 1 aromatic rings. The third-order valence-electron chi connectivity index (χ3n) is 2.72. The minimum absolute atomic E-state index is 0.193. The predicted octanol–water partition coefficient (Wildman–Crippen LogP) is 3.69. The fourth-order valence-electron chi connectivity index (χ4n) is 1.48. The van der Waals surface area contributed by atoms with Crippen LogP contribution >= 0.6 is 11.8 Å². The quantitative estimate of drug-likeness (QED) is 0.820. The van der Waals surface area contributed by atoms with E-state index in [0.29, 0.717) is 5.25 Å². The van der Waals surface area contributed by atoms with Crippen molar-refractivity contribution in [1.82, 2.24) is 5.32 Å². The normalized spacial score (nSPS) is 14.6. The second-order valence-electron chi connectivity index (χ2n) is 4.12. The van der Waals surface area contributed by atoms with Crippen LogP contribution in [0.4, 0.5) is 8.78 Å². The van der Waals surface area contributed by atoms with Crippen LogP contribution in [0.5, 0.6) is 5.75 Å². The predicted molar refractivity (Wildman–Crippen MR) is 72.5 cm³/mol. The lowest BCUT2D eigenvalue weighted by molar-refractivity contribution is -0.0498. The molecule has 0 aliphatic rings. The molecule has 0 saturated carbocycles. The van der Waals surface area contributed by atoms with Gasteiger partial charge in [-0.15, -0.1) is 0 Å². The van der Waals surface area contributed by atoms with E-state index in [1.54, 1.807) is 36.0 Å². The largest absolute Gasteiger partial charge is 0.435 e. The van der Waals surface area contributed by atoms with Gasteiger partial charge in [0.15, 0.2) is 0 Å². The van der Waals surface area contributed by atoms with E-state index < -0.39 is 6.61 Å². The van der Waals surface area contributed by atoms with Gasteiger partial charge in [0.1, 0.15) is 5.75 Å². The third-order valence-corrected chi connectivity index (χ3v) is 3.69. The van der Waals surface area contributed by atoms with Crippen molar-refractivity contribution < 1.29 is 13.5 Å². The highest BCUT2D eigenvalue weighted by molar-refractivity contribution is 7.99. The summed E-state index contributed by atoms with van der Waals surface area (Å²) in [5.41, 5.74) is 1.06. The monoisotopic (exact) mass is 275 g/mol. The molecule has 2 nitrogen and oxygen atoms in total. The smallest absolute Gasteiger partial charge is 0.387 e. The zero-order valence-electron chi connectivity index (χ0n) is 10.8. The van der Waals surface area contributed by atoms with Gasteiger partial charge in [0.2, 0.25) is 0 Å². The fraction of sp³-hybridized carbons (Fsp3) is 0.538. The number of hydrogen-bond donors (Lipinski definition) is 1. The van der Waals surface area contributed by atoms with Gasteiger partial charge in [-0.25, -0.2) is 0 Å². The molecular formula is C13H19F2NOS. The fourth-order valence-corrected chi connectivity index (χ4v) is 1.74. The highest BCUT2D eigenvalue weighted by Crippen LogP contribution is 2.19. The van der Waals surface area contributed by atoms with Crippen LogP contribution in [0.15, 0.2) is 24.3 Å². The first-order valence-electron chi connectivity index (χ1n) is 5.84. The van der Waals surface area contributed by atoms with Crippen LogP contribution in [-0.2, 0) is 0 Å². The Balaban J connectivity index is 2.50. The summed E-state index contributed by atoms with van der Waals surface area (Å²) in [7, 11) is 0. The second kappa shape index (κ2) is 7.59. The molecule has 0 aliphatic carbocycles. The van der Waals surface area contributed by atoms with E-state index in [0.717, 1.165) is 12.1 Å². The summed E-state index contributed by atoms with van der Waals surface area (Å²) in [6, 6.07) is 6.94.